The van der Waals surface area contributed by atoms with Crippen LogP contribution in [0.2, 0.25) is 0 Å². The highest BCUT2D eigenvalue weighted by Crippen LogP contribution is 2.29. The third-order valence-corrected chi connectivity index (χ3v) is 5.03. The van der Waals surface area contributed by atoms with Gasteiger partial charge in [-0.3, -0.25) is 0 Å². The lowest BCUT2D eigenvalue weighted by molar-refractivity contribution is -0.305. The van der Waals surface area contributed by atoms with Crippen LogP contribution >= 0.6 is 0 Å². The van der Waals surface area contributed by atoms with Crippen molar-refractivity contribution in [3.63, 3.8) is 0 Å². The van der Waals surface area contributed by atoms with Crippen LogP contribution in [0.3, 0.4) is 0 Å². The zero-order valence-corrected chi connectivity index (χ0v) is 15.7. The molecule has 0 saturated carbocycles. The predicted octanol–water partition coefficient (Wildman–Crippen LogP) is -1.89. The molecule has 9 unspecified atom stereocenters. The molecule has 2 fully saturated rings. The Morgan fingerprint density at radius 3 is 2.00 bits per heavy atom. The van der Waals surface area contributed by atoms with Crippen molar-refractivity contribution in [2.45, 2.75) is 68.1 Å². The Bertz CT molecular complexity index is 616. The van der Waals surface area contributed by atoms with E-state index in [-0.39, 0.29) is 12.8 Å². The van der Waals surface area contributed by atoms with Crippen molar-refractivity contribution in [3.05, 3.63) is 30.3 Å². The van der Waals surface area contributed by atoms with Crippen molar-refractivity contribution >= 4 is 0 Å². The van der Waals surface area contributed by atoms with Crippen LogP contribution in [0.4, 0.5) is 0 Å². The molecule has 2 saturated heterocycles. The molecule has 0 aromatic heterocycles. The SMILES string of the molecule is OCC1OC(OC2C(O)CC(O)C(Oc3ccccc3)OC2CO)C(O)CC1O. The number of rotatable bonds is 6. The van der Waals surface area contributed by atoms with E-state index in [1.54, 1.807) is 30.3 Å². The minimum absolute atomic E-state index is 0.0915. The Labute approximate surface area is 167 Å². The van der Waals surface area contributed by atoms with E-state index in [4.69, 9.17) is 18.9 Å². The molecule has 0 spiro atoms. The second kappa shape index (κ2) is 10.1. The molecule has 0 bridgehead atoms. The van der Waals surface area contributed by atoms with Crippen LogP contribution in [-0.2, 0) is 14.2 Å². The van der Waals surface area contributed by atoms with E-state index in [1.807, 2.05) is 0 Å². The van der Waals surface area contributed by atoms with Crippen LogP contribution in [0.5, 0.6) is 5.75 Å². The molecule has 10 heteroatoms. The number of hydrogen-bond acceptors (Lipinski definition) is 10. The Morgan fingerprint density at radius 1 is 0.759 bits per heavy atom. The Hall–Kier alpha value is -1.34. The van der Waals surface area contributed by atoms with E-state index < -0.39 is 68.5 Å². The van der Waals surface area contributed by atoms with Crippen LogP contribution in [0.15, 0.2) is 30.3 Å². The van der Waals surface area contributed by atoms with Gasteiger partial charge in [0.1, 0.15) is 36.3 Å². The monoisotopic (exact) mass is 416 g/mol. The summed E-state index contributed by atoms with van der Waals surface area (Å²) in [5, 5.41) is 59.9. The minimum atomic E-state index is -1.27. The fraction of sp³-hybridized carbons (Fsp3) is 0.684. The third-order valence-electron chi connectivity index (χ3n) is 5.03. The fourth-order valence-electron chi connectivity index (χ4n) is 3.45. The summed E-state index contributed by atoms with van der Waals surface area (Å²) in [5.41, 5.74) is 0. The Morgan fingerprint density at radius 2 is 1.34 bits per heavy atom. The predicted molar refractivity (Wildman–Crippen MR) is 96.7 cm³/mol. The highest BCUT2D eigenvalue weighted by Gasteiger charge is 2.45. The maximum absolute atomic E-state index is 10.5. The molecular formula is C19H28O10. The van der Waals surface area contributed by atoms with Crippen LogP contribution in [0, 0.1) is 0 Å². The third kappa shape index (κ3) is 5.43. The first-order valence-electron chi connectivity index (χ1n) is 9.55. The van der Waals surface area contributed by atoms with Crippen LogP contribution < -0.4 is 4.74 Å². The summed E-state index contributed by atoms with van der Waals surface area (Å²) in [6.07, 6.45) is -10.7. The summed E-state index contributed by atoms with van der Waals surface area (Å²) >= 11 is 0. The van der Waals surface area contributed by atoms with E-state index in [9.17, 15) is 30.6 Å². The number of ether oxygens (including phenoxy) is 4. The lowest BCUT2D eigenvalue weighted by Gasteiger charge is -2.39. The van der Waals surface area contributed by atoms with Gasteiger partial charge < -0.3 is 49.6 Å². The summed E-state index contributed by atoms with van der Waals surface area (Å²) < 4.78 is 22.4. The quantitative estimate of drug-likeness (QED) is 0.310. The number of benzene rings is 1. The van der Waals surface area contributed by atoms with Gasteiger partial charge in [-0.05, 0) is 12.1 Å². The first-order chi connectivity index (χ1) is 13.9. The largest absolute Gasteiger partial charge is 0.462 e. The second-order valence-electron chi connectivity index (χ2n) is 7.22. The van der Waals surface area contributed by atoms with Crippen LogP contribution in [-0.4, -0.2) is 99.2 Å². The molecule has 29 heavy (non-hydrogen) atoms. The molecule has 2 aliphatic heterocycles. The van der Waals surface area contributed by atoms with Gasteiger partial charge in [-0.15, -0.1) is 0 Å². The number of aliphatic hydroxyl groups excluding tert-OH is 6. The highest BCUT2D eigenvalue weighted by atomic mass is 16.7. The van der Waals surface area contributed by atoms with Crippen LogP contribution in [0.25, 0.3) is 0 Å². The Kier molecular flexibility index (Phi) is 7.79. The topological polar surface area (TPSA) is 158 Å². The van der Waals surface area contributed by atoms with Gasteiger partial charge in [-0.2, -0.15) is 0 Å². The molecule has 0 radical (unpaired) electrons. The molecule has 1 aromatic carbocycles. The smallest absolute Gasteiger partial charge is 0.226 e. The second-order valence-corrected chi connectivity index (χ2v) is 7.22. The molecule has 2 heterocycles. The zero-order chi connectivity index (χ0) is 21.0. The van der Waals surface area contributed by atoms with Gasteiger partial charge in [-0.25, -0.2) is 0 Å². The normalized spacial score (nSPS) is 41.0. The highest BCUT2D eigenvalue weighted by molar-refractivity contribution is 5.21. The maximum Gasteiger partial charge on any atom is 0.226 e. The Balaban J connectivity index is 1.71. The molecule has 10 nitrogen and oxygen atoms in total. The number of aliphatic hydroxyl groups is 6. The van der Waals surface area contributed by atoms with Gasteiger partial charge in [0.05, 0.1) is 25.4 Å². The summed E-state index contributed by atoms with van der Waals surface area (Å²) in [6.45, 7) is -1.04. The summed E-state index contributed by atoms with van der Waals surface area (Å²) in [6, 6.07) is 8.64. The van der Waals surface area contributed by atoms with Crippen molar-refractivity contribution < 1.29 is 49.6 Å². The molecule has 0 aliphatic carbocycles. The number of hydrogen-bond donors (Lipinski definition) is 6. The van der Waals surface area contributed by atoms with E-state index in [2.05, 4.69) is 0 Å². The van der Waals surface area contributed by atoms with E-state index in [0.29, 0.717) is 5.75 Å². The van der Waals surface area contributed by atoms with Gasteiger partial charge in [0, 0.05) is 12.8 Å². The molecule has 6 N–H and O–H groups in total. The van der Waals surface area contributed by atoms with Crippen molar-refractivity contribution in [2.75, 3.05) is 13.2 Å². The molecular weight excluding hydrogens is 388 g/mol. The van der Waals surface area contributed by atoms with Gasteiger partial charge in [-0.1, -0.05) is 18.2 Å². The van der Waals surface area contributed by atoms with Crippen LogP contribution in [0.1, 0.15) is 12.8 Å². The average molecular weight is 416 g/mol. The number of para-hydroxylation sites is 1. The standard InChI is InChI=1S/C19H28O10/c20-8-15-11(22)6-13(24)19(27-15)29-17-12(23)7-14(25)18(28-16(17)9-21)26-10-4-2-1-3-5-10/h1-5,11-25H,6-9H2. The first-order valence-corrected chi connectivity index (χ1v) is 9.55. The fourth-order valence-corrected chi connectivity index (χ4v) is 3.45. The summed E-state index contributed by atoms with van der Waals surface area (Å²) in [4.78, 5) is 0. The van der Waals surface area contributed by atoms with Gasteiger partial charge in [0.25, 0.3) is 0 Å². The average Bonchev–Trinajstić information content (AvgIpc) is 2.81. The molecule has 0 amide bonds. The summed E-state index contributed by atoms with van der Waals surface area (Å²) in [7, 11) is 0. The maximum atomic E-state index is 10.5. The van der Waals surface area contributed by atoms with Crippen molar-refractivity contribution in [1.29, 1.82) is 0 Å². The van der Waals surface area contributed by atoms with Crippen molar-refractivity contribution in [1.82, 2.24) is 0 Å². The first kappa shape index (κ1) is 22.3. The van der Waals surface area contributed by atoms with Gasteiger partial charge in [0.2, 0.25) is 6.29 Å². The lowest BCUT2D eigenvalue weighted by atomic mass is 10.0. The van der Waals surface area contributed by atoms with Gasteiger partial charge >= 0.3 is 0 Å². The molecule has 1 aromatic rings. The van der Waals surface area contributed by atoms with E-state index in [1.165, 1.54) is 0 Å². The lowest BCUT2D eigenvalue weighted by Crippen LogP contribution is -2.54. The molecule has 2 aliphatic rings. The van der Waals surface area contributed by atoms with Gasteiger partial charge in [0.15, 0.2) is 6.29 Å². The molecule has 9 atom stereocenters. The minimum Gasteiger partial charge on any atom is -0.462 e. The van der Waals surface area contributed by atoms with Crippen molar-refractivity contribution in [3.8, 4) is 5.75 Å². The van der Waals surface area contributed by atoms with E-state index >= 15 is 0 Å². The molecule has 164 valence electrons. The van der Waals surface area contributed by atoms with E-state index in [0.717, 1.165) is 0 Å². The molecule has 3 rings (SSSR count). The van der Waals surface area contributed by atoms with Crippen molar-refractivity contribution in [2.24, 2.45) is 0 Å². The zero-order valence-electron chi connectivity index (χ0n) is 15.7. The summed E-state index contributed by atoms with van der Waals surface area (Å²) in [5.74, 6) is 0.438.